The Labute approximate surface area is 312 Å². The van der Waals surface area contributed by atoms with Crippen LogP contribution in [0.4, 0.5) is 0 Å². The van der Waals surface area contributed by atoms with Crippen LogP contribution in [0.25, 0.3) is 55.3 Å². The molecule has 254 valence electrons. The maximum absolute atomic E-state index is 4.53. The Kier molecular flexibility index (Phi) is 7.94. The SMILES string of the molecule is C=C/C=C1\C(=C)C(C)(C)c2cc(C(c3ccc(-c4ccccc4)cc3)c3ccc(-c4cccc5c4c4ccccc4n5-c4ccccc4)cc3)ccc21. The number of benzene rings is 7. The number of allylic oxidation sites excluding steroid dienone is 4. The van der Waals surface area contributed by atoms with Crippen molar-refractivity contribution in [2.45, 2.75) is 25.2 Å². The lowest BCUT2D eigenvalue weighted by molar-refractivity contribution is 0.661. The molecule has 0 spiro atoms. The number of para-hydroxylation sites is 2. The summed E-state index contributed by atoms with van der Waals surface area (Å²) in [6.07, 6.45) is 3.98. The summed E-state index contributed by atoms with van der Waals surface area (Å²) in [4.78, 5) is 0. The molecule has 1 aliphatic carbocycles. The van der Waals surface area contributed by atoms with Gasteiger partial charge in [-0.1, -0.05) is 185 Å². The molecule has 7 aromatic carbocycles. The Morgan fingerprint density at radius 3 is 1.83 bits per heavy atom. The maximum atomic E-state index is 4.53. The van der Waals surface area contributed by atoms with Crippen molar-refractivity contribution in [3.05, 3.63) is 229 Å². The quantitative estimate of drug-likeness (QED) is 0.148. The Balaban J connectivity index is 1.18. The summed E-state index contributed by atoms with van der Waals surface area (Å²) in [6.45, 7) is 13.1. The van der Waals surface area contributed by atoms with Crippen LogP contribution in [0.2, 0.25) is 0 Å². The molecule has 1 atom stereocenters. The van der Waals surface area contributed by atoms with Crippen LogP contribution in [-0.2, 0) is 5.41 Å². The third kappa shape index (κ3) is 5.40. The summed E-state index contributed by atoms with van der Waals surface area (Å²) in [5, 5.41) is 2.53. The van der Waals surface area contributed by atoms with Crippen molar-refractivity contribution in [2.24, 2.45) is 0 Å². The van der Waals surface area contributed by atoms with Crippen LogP contribution in [0.3, 0.4) is 0 Å². The molecule has 1 aromatic heterocycles. The second-order valence-electron chi connectivity index (χ2n) is 14.7. The first kappa shape index (κ1) is 32.5. The predicted molar refractivity (Wildman–Crippen MR) is 226 cm³/mol. The number of hydrogen-bond acceptors (Lipinski definition) is 0. The summed E-state index contributed by atoms with van der Waals surface area (Å²) in [5.41, 5.74) is 17.0. The number of aromatic nitrogens is 1. The molecular weight excluding hydrogens is 639 g/mol. The van der Waals surface area contributed by atoms with Gasteiger partial charge in [-0.15, -0.1) is 0 Å². The van der Waals surface area contributed by atoms with E-state index in [4.69, 9.17) is 0 Å². The Morgan fingerprint density at radius 2 is 1.13 bits per heavy atom. The highest BCUT2D eigenvalue weighted by atomic mass is 15.0. The normalized spacial score (nSPS) is 14.8. The summed E-state index contributed by atoms with van der Waals surface area (Å²) in [6, 6.07) is 62.2. The third-order valence-electron chi connectivity index (χ3n) is 11.3. The van der Waals surface area contributed by atoms with E-state index < -0.39 is 0 Å². The van der Waals surface area contributed by atoms with Gasteiger partial charge in [0.25, 0.3) is 0 Å². The zero-order chi connectivity index (χ0) is 36.1. The lowest BCUT2D eigenvalue weighted by atomic mass is 9.79. The largest absolute Gasteiger partial charge is 0.309 e. The summed E-state index contributed by atoms with van der Waals surface area (Å²) < 4.78 is 2.39. The molecule has 0 amide bonds. The van der Waals surface area contributed by atoms with Gasteiger partial charge >= 0.3 is 0 Å². The minimum Gasteiger partial charge on any atom is -0.309 e. The highest BCUT2D eigenvalue weighted by Crippen LogP contribution is 2.50. The van der Waals surface area contributed by atoms with Gasteiger partial charge in [0.15, 0.2) is 0 Å². The van der Waals surface area contributed by atoms with Gasteiger partial charge in [-0.05, 0) is 85.5 Å². The van der Waals surface area contributed by atoms with Gasteiger partial charge in [-0.2, -0.15) is 0 Å². The molecule has 0 radical (unpaired) electrons. The summed E-state index contributed by atoms with van der Waals surface area (Å²) in [7, 11) is 0. The first-order chi connectivity index (χ1) is 25.9. The van der Waals surface area contributed by atoms with E-state index in [1.165, 1.54) is 83.1 Å². The Hall–Kier alpha value is -6.44. The molecule has 0 aliphatic heterocycles. The van der Waals surface area contributed by atoms with E-state index in [0.717, 1.165) is 5.57 Å². The van der Waals surface area contributed by atoms with Gasteiger partial charge in [-0.25, -0.2) is 0 Å². The Bertz CT molecular complexity index is 2690. The van der Waals surface area contributed by atoms with E-state index in [9.17, 15) is 0 Å². The van der Waals surface area contributed by atoms with Gasteiger partial charge in [0.1, 0.15) is 0 Å². The standard InChI is InChI=1S/C52H41N/c1-5-15-43-35(2)52(3,4)47-34-41(32-33-45(43)47)50(39-28-24-37(25-29-39)36-16-8-6-9-17-36)40-30-26-38(27-31-40)44-21-14-23-49-51(44)46-20-12-13-22-48(46)53(49)42-18-10-7-11-19-42/h5-34,50H,1-2H2,3-4H3/b43-15+. The fourth-order valence-corrected chi connectivity index (χ4v) is 8.51. The van der Waals surface area contributed by atoms with Crippen LogP contribution in [-0.4, -0.2) is 4.57 Å². The highest BCUT2D eigenvalue weighted by molar-refractivity contribution is 6.15. The topological polar surface area (TPSA) is 4.93 Å². The molecule has 9 rings (SSSR count). The van der Waals surface area contributed by atoms with Crippen LogP contribution in [0.5, 0.6) is 0 Å². The average Bonchev–Trinajstić information content (AvgIpc) is 3.64. The molecule has 0 bridgehead atoms. The first-order valence-corrected chi connectivity index (χ1v) is 18.4. The lowest BCUT2D eigenvalue weighted by Gasteiger charge is -2.24. The zero-order valence-electron chi connectivity index (χ0n) is 30.3. The Morgan fingerprint density at radius 1 is 0.547 bits per heavy atom. The van der Waals surface area contributed by atoms with Crippen molar-refractivity contribution in [3.63, 3.8) is 0 Å². The molecule has 1 nitrogen and oxygen atoms in total. The smallest absolute Gasteiger partial charge is 0.0547 e. The number of fused-ring (bicyclic) bond motifs is 4. The third-order valence-corrected chi connectivity index (χ3v) is 11.3. The van der Waals surface area contributed by atoms with Crippen molar-refractivity contribution in [3.8, 4) is 27.9 Å². The first-order valence-electron chi connectivity index (χ1n) is 18.4. The summed E-state index contributed by atoms with van der Waals surface area (Å²) >= 11 is 0. The van der Waals surface area contributed by atoms with E-state index in [1.807, 2.05) is 6.08 Å². The van der Waals surface area contributed by atoms with Gasteiger partial charge < -0.3 is 4.57 Å². The van der Waals surface area contributed by atoms with Crippen molar-refractivity contribution in [1.82, 2.24) is 4.57 Å². The fraction of sp³-hybridized carbons (Fsp3) is 0.0769. The molecule has 1 heterocycles. The molecular formula is C52H41N. The van der Waals surface area contributed by atoms with E-state index >= 15 is 0 Å². The monoisotopic (exact) mass is 679 g/mol. The van der Waals surface area contributed by atoms with Gasteiger partial charge in [0.2, 0.25) is 0 Å². The van der Waals surface area contributed by atoms with E-state index in [2.05, 4.69) is 208 Å². The van der Waals surface area contributed by atoms with E-state index in [-0.39, 0.29) is 11.3 Å². The van der Waals surface area contributed by atoms with E-state index in [0.29, 0.717) is 0 Å². The molecule has 1 aliphatic rings. The lowest BCUT2D eigenvalue weighted by Crippen LogP contribution is -2.15. The molecule has 0 fully saturated rings. The minimum atomic E-state index is -0.177. The zero-order valence-corrected chi connectivity index (χ0v) is 30.3. The second-order valence-corrected chi connectivity index (χ2v) is 14.7. The molecule has 0 N–H and O–H groups in total. The van der Waals surface area contributed by atoms with Crippen molar-refractivity contribution in [2.75, 3.05) is 0 Å². The molecule has 0 saturated heterocycles. The fourth-order valence-electron chi connectivity index (χ4n) is 8.51. The van der Waals surface area contributed by atoms with Crippen LogP contribution in [0.1, 0.15) is 47.6 Å². The number of nitrogens with zero attached hydrogens (tertiary/aromatic N) is 1. The molecule has 53 heavy (non-hydrogen) atoms. The second kappa shape index (κ2) is 13.0. The number of rotatable bonds is 7. The van der Waals surface area contributed by atoms with Crippen molar-refractivity contribution >= 4 is 27.4 Å². The van der Waals surface area contributed by atoms with Gasteiger partial charge in [-0.3, -0.25) is 0 Å². The van der Waals surface area contributed by atoms with Crippen LogP contribution < -0.4 is 0 Å². The molecule has 1 heteroatoms. The molecule has 1 unspecified atom stereocenters. The van der Waals surface area contributed by atoms with Crippen LogP contribution in [0.15, 0.2) is 201 Å². The van der Waals surface area contributed by atoms with Crippen LogP contribution >= 0.6 is 0 Å². The van der Waals surface area contributed by atoms with Gasteiger partial charge in [0, 0.05) is 27.8 Å². The highest BCUT2D eigenvalue weighted by Gasteiger charge is 2.37. The van der Waals surface area contributed by atoms with Crippen molar-refractivity contribution in [1.29, 1.82) is 0 Å². The average molecular weight is 680 g/mol. The number of hydrogen-bond donors (Lipinski definition) is 0. The van der Waals surface area contributed by atoms with Crippen LogP contribution in [0, 0.1) is 0 Å². The summed E-state index contributed by atoms with van der Waals surface area (Å²) in [5.74, 6) is 0.0476. The van der Waals surface area contributed by atoms with Gasteiger partial charge in [0.05, 0.1) is 11.0 Å². The molecule has 8 aromatic rings. The van der Waals surface area contributed by atoms with Crippen molar-refractivity contribution < 1.29 is 0 Å². The predicted octanol–water partition coefficient (Wildman–Crippen LogP) is 13.7. The minimum absolute atomic E-state index is 0.0476. The van der Waals surface area contributed by atoms with E-state index in [1.54, 1.807) is 0 Å². The maximum Gasteiger partial charge on any atom is 0.0547 e. The molecule has 0 saturated carbocycles.